The van der Waals surface area contributed by atoms with Crippen molar-refractivity contribution in [2.45, 2.75) is 125 Å². The normalized spacial score (nSPS) is 19.7. The molecule has 8 aliphatic rings. The van der Waals surface area contributed by atoms with Gasteiger partial charge in [0.15, 0.2) is 27.8 Å². The fourth-order valence-corrected chi connectivity index (χ4v) is 19.4. The number of primary amides is 2. The van der Waals surface area contributed by atoms with E-state index in [9.17, 15) is 67.1 Å². The standard InChI is InChI=1S/C26H32N4O6Si.C26H30N4O5Si.C25H30BrN3O5Si.C20H18N4O5/c1-35-20-10-7-18-14-29(23(32)21(18)13-20)15-26(19-8-5-17(6-9-19)22(27)31)24(33)30(25(34)28-26)16-36-11-12-37(2,3)4;1-27-20-9-7-19(8-10-20)26(16-29-15-18-6-11-21(34-2)14-22(18)23(29)31)24(32)30(25(33)28-26)17-35-12-13-36(3,4)5;1-33-20-10-5-17-14-28(22(30)21(17)13-20)15-25(18-6-8-19(26)9-7-18)23(31)29(24(32)27-25)16-34-11-12-35(2,3)4;1-29-14-7-4-12-9-24(17(26)15(12)8-14)10-20(18(27)22-19(28)23-20)13-5-2-11(3-6-13)16(21)25/h5-10,13H,11-12,14-16H2,1-4H3,(H2,27,31)(H,28,34);6-11,14H,12-13,15-17H2,2-5H3,(H,28,33);5-10,13H,11-12,14-16H2,1-4H3,(H,27,32);2-8H,9-10H2,1H3,(H2,21,25)(H2,22,23,27,28)/t2*26-;25-;20-/m0000/s1. The number of hydrogen-bond acceptors (Lipinski definition) is 21. The SMILES string of the molecule is COc1ccc2c(c1)C(=O)N(C[C@@]1(c3ccc(Br)cc3)NC(=O)N(COCC[Si](C)(C)C)C1=O)C2.COc1ccc2c(c1)C(=O)N(C[C@@]1(c3ccc(C(N)=O)cc3)NC(=O)N(COCC[Si](C)(C)C)C1=O)C2.COc1ccc2c(c1)C(=O)N(C[C@@]1(c3ccc(C(N)=O)cc3)NC(=O)NC1=O)C2.[C-]#[N+]c1ccc([C@]2(CN3Cc4ccc(OC)cc4C3=O)NC(=O)N(COCC[Si](C)(C)C)C2=O)cc1. The first-order valence-electron chi connectivity index (χ1n) is 44.1. The molecule has 718 valence electrons. The molecule has 0 aromatic heterocycles. The second-order valence-electron chi connectivity index (χ2n) is 37.8. The molecule has 0 saturated carbocycles. The van der Waals surface area contributed by atoms with E-state index in [1.54, 1.807) is 126 Å². The minimum Gasteiger partial charge on any atom is -0.497 e. The van der Waals surface area contributed by atoms with E-state index in [0.29, 0.717) is 113 Å². The highest BCUT2D eigenvalue weighted by atomic mass is 79.9. The van der Waals surface area contributed by atoms with Crippen molar-refractivity contribution in [1.29, 1.82) is 0 Å². The van der Waals surface area contributed by atoms with E-state index in [4.69, 9.17) is 51.2 Å². The number of benzene rings is 8. The van der Waals surface area contributed by atoms with Crippen molar-refractivity contribution in [3.05, 3.63) is 264 Å². The summed E-state index contributed by atoms with van der Waals surface area (Å²) in [7, 11) is 2.13. The third kappa shape index (κ3) is 21.8. The van der Waals surface area contributed by atoms with Gasteiger partial charge in [-0.3, -0.25) is 53.3 Å². The molecule has 8 heterocycles. The number of amides is 18. The molecule has 18 amide bonds. The van der Waals surface area contributed by atoms with Crippen molar-refractivity contribution in [1.82, 2.24) is 60.9 Å². The summed E-state index contributed by atoms with van der Waals surface area (Å²) < 4.78 is 38.9. The molecule has 137 heavy (non-hydrogen) atoms. The number of hydrogen-bond donors (Lipinski definition) is 7. The van der Waals surface area contributed by atoms with E-state index in [0.717, 1.165) is 59.6 Å². The van der Waals surface area contributed by atoms with E-state index < -0.39 is 106 Å². The van der Waals surface area contributed by atoms with Crippen molar-refractivity contribution in [3.63, 3.8) is 0 Å². The summed E-state index contributed by atoms with van der Waals surface area (Å²) in [5.74, 6) is -1.95. The van der Waals surface area contributed by atoms with Gasteiger partial charge in [0.1, 0.15) is 43.2 Å². The molecular weight excluding hydrogens is 1880 g/mol. The number of halogens is 1. The van der Waals surface area contributed by atoms with Gasteiger partial charge in [-0.1, -0.05) is 160 Å². The summed E-state index contributed by atoms with van der Waals surface area (Å²) in [6.07, 6.45) is 0. The van der Waals surface area contributed by atoms with E-state index in [1.165, 1.54) is 55.4 Å². The number of carbonyl (C=O) groups is 14. The first kappa shape index (κ1) is 100. The van der Waals surface area contributed by atoms with Crippen LogP contribution in [0.1, 0.15) is 107 Å². The predicted octanol–water partition coefficient (Wildman–Crippen LogP) is 11.1. The van der Waals surface area contributed by atoms with Crippen LogP contribution >= 0.6 is 15.9 Å². The Kier molecular flexibility index (Phi) is 30.0. The first-order chi connectivity index (χ1) is 64.9. The van der Waals surface area contributed by atoms with Gasteiger partial charge in [0, 0.05) is 108 Å². The van der Waals surface area contributed by atoms with Crippen LogP contribution in [0.15, 0.2) is 174 Å². The summed E-state index contributed by atoms with van der Waals surface area (Å²) in [6.45, 7) is 29.1. The zero-order valence-electron chi connectivity index (χ0n) is 78.4. The molecule has 4 fully saturated rings. The van der Waals surface area contributed by atoms with Crippen molar-refractivity contribution in [2.24, 2.45) is 11.5 Å². The Morgan fingerprint density at radius 2 is 0.642 bits per heavy atom. The Hall–Kier alpha value is -14.0. The molecule has 0 bridgehead atoms. The maximum absolute atomic E-state index is 13.8. The van der Waals surface area contributed by atoms with Crippen molar-refractivity contribution >= 4 is 129 Å². The fourth-order valence-electron chi connectivity index (χ4n) is 16.8. The molecule has 0 aliphatic carbocycles. The Labute approximate surface area is 803 Å². The predicted molar refractivity (Wildman–Crippen MR) is 514 cm³/mol. The molecule has 4 saturated heterocycles. The monoisotopic (exact) mass is 1980 g/mol. The number of ether oxygens (including phenoxy) is 7. The number of fused-ring (bicyclic) bond motifs is 4. The number of carbonyl (C=O) groups excluding carboxylic acids is 14. The zero-order chi connectivity index (χ0) is 99.2. The van der Waals surface area contributed by atoms with Crippen LogP contribution in [0, 0.1) is 6.57 Å². The van der Waals surface area contributed by atoms with Gasteiger partial charge in [0.25, 0.3) is 47.3 Å². The maximum atomic E-state index is 13.8. The molecular formula is C97H110BrN15O21Si3. The Morgan fingerprint density at radius 1 is 0.380 bits per heavy atom. The van der Waals surface area contributed by atoms with Crippen LogP contribution in [0.4, 0.5) is 24.9 Å². The zero-order valence-corrected chi connectivity index (χ0v) is 83.0. The van der Waals surface area contributed by atoms with Crippen molar-refractivity contribution in [2.75, 3.05) is 94.6 Å². The van der Waals surface area contributed by atoms with Crippen LogP contribution in [-0.2, 0) is 81.7 Å². The van der Waals surface area contributed by atoms with E-state index in [2.05, 4.69) is 106 Å². The highest BCUT2D eigenvalue weighted by Gasteiger charge is 2.59. The van der Waals surface area contributed by atoms with Gasteiger partial charge in [-0.15, -0.1) is 0 Å². The number of imide groups is 4. The summed E-state index contributed by atoms with van der Waals surface area (Å²) in [5, 5.41) is 13.4. The van der Waals surface area contributed by atoms with Crippen LogP contribution in [-0.4, -0.2) is 236 Å². The molecule has 0 radical (unpaired) electrons. The van der Waals surface area contributed by atoms with Crippen LogP contribution in [0.25, 0.3) is 4.85 Å². The minimum atomic E-state index is -1.56. The molecule has 9 N–H and O–H groups in total. The number of nitrogens with two attached hydrogens (primary N) is 2. The number of methoxy groups -OCH3 is 4. The highest BCUT2D eigenvalue weighted by molar-refractivity contribution is 9.10. The van der Waals surface area contributed by atoms with Gasteiger partial charge < -0.3 is 85.5 Å². The van der Waals surface area contributed by atoms with Crippen molar-refractivity contribution in [3.8, 4) is 23.0 Å². The Morgan fingerprint density at radius 3 is 0.891 bits per heavy atom. The average Bonchev–Trinajstić information content (AvgIpc) is 1.60. The van der Waals surface area contributed by atoms with Crippen LogP contribution in [0.5, 0.6) is 23.0 Å². The average molecular weight is 1990 g/mol. The second kappa shape index (κ2) is 40.9. The third-order valence-electron chi connectivity index (χ3n) is 24.8. The van der Waals surface area contributed by atoms with Crippen LogP contribution in [0.2, 0.25) is 77.1 Å². The number of rotatable bonds is 33. The highest BCUT2D eigenvalue weighted by Crippen LogP contribution is 2.42. The maximum Gasteiger partial charge on any atom is 0.327 e. The molecule has 16 rings (SSSR count). The van der Waals surface area contributed by atoms with Crippen LogP contribution in [0.3, 0.4) is 0 Å². The van der Waals surface area contributed by atoms with Crippen molar-refractivity contribution < 1.29 is 100 Å². The lowest BCUT2D eigenvalue weighted by atomic mass is 9.88. The van der Waals surface area contributed by atoms with Gasteiger partial charge in [-0.05, 0) is 148 Å². The molecule has 0 spiro atoms. The third-order valence-corrected chi connectivity index (χ3v) is 30.4. The number of urea groups is 4. The molecule has 8 aromatic rings. The Balaban J connectivity index is 0.000000155. The van der Waals surface area contributed by atoms with Gasteiger partial charge in [0.05, 0.1) is 61.2 Å². The molecule has 0 unspecified atom stereocenters. The van der Waals surface area contributed by atoms with E-state index >= 15 is 0 Å². The smallest absolute Gasteiger partial charge is 0.327 e. The van der Waals surface area contributed by atoms with Gasteiger partial charge in [-0.2, -0.15) is 0 Å². The summed E-state index contributed by atoms with van der Waals surface area (Å²) in [5.41, 5.74) is 12.9. The summed E-state index contributed by atoms with van der Waals surface area (Å²) in [6, 6.07) is 47.4. The van der Waals surface area contributed by atoms with E-state index in [-0.39, 0.29) is 87.7 Å². The lowest BCUT2D eigenvalue weighted by Gasteiger charge is -2.32. The largest absolute Gasteiger partial charge is 0.497 e. The molecule has 8 aliphatic heterocycles. The second-order valence-corrected chi connectivity index (χ2v) is 55.6. The number of nitrogens with zero attached hydrogens (tertiary/aromatic N) is 8. The first-order valence-corrected chi connectivity index (χ1v) is 56.0. The van der Waals surface area contributed by atoms with Crippen LogP contribution < -0.4 is 57.0 Å². The lowest BCUT2D eigenvalue weighted by Crippen LogP contribution is -2.53. The lowest BCUT2D eigenvalue weighted by molar-refractivity contribution is -0.136. The van der Waals surface area contributed by atoms with Gasteiger partial charge >= 0.3 is 24.1 Å². The fraction of sp³-hybridized carbons (Fsp3) is 0.351. The summed E-state index contributed by atoms with van der Waals surface area (Å²) >= 11 is 3.42. The molecule has 36 nitrogen and oxygen atoms in total. The van der Waals surface area contributed by atoms with Gasteiger partial charge in [0.2, 0.25) is 11.8 Å². The quantitative estimate of drug-likeness (QED) is 0.00869. The molecule has 4 atom stereocenters. The molecule has 40 heteroatoms. The minimum absolute atomic E-state index is 0.000436. The molecule has 8 aromatic carbocycles. The summed E-state index contributed by atoms with van der Waals surface area (Å²) in [4.78, 5) is 194. The Bertz CT molecular complexity index is 6150. The van der Waals surface area contributed by atoms with E-state index in [1.807, 2.05) is 36.4 Å². The van der Waals surface area contributed by atoms with Gasteiger partial charge in [-0.25, -0.2) is 38.7 Å². The number of nitrogens with one attached hydrogen (secondary N) is 5. The topological polar surface area (TPSA) is 443 Å².